The van der Waals surface area contributed by atoms with Gasteiger partial charge in [0.1, 0.15) is 0 Å². The van der Waals surface area contributed by atoms with Crippen molar-refractivity contribution in [1.29, 1.82) is 0 Å². The van der Waals surface area contributed by atoms with Crippen LogP contribution < -0.4 is 10.8 Å². The molecule has 4 aromatic rings. The van der Waals surface area contributed by atoms with Crippen molar-refractivity contribution < 1.29 is 18.1 Å². The number of halogens is 2. The molecule has 0 aliphatic carbocycles. The molecule has 0 unspecified atom stereocenters. The van der Waals surface area contributed by atoms with Crippen LogP contribution in [-0.2, 0) is 22.4 Å². The number of pyridine rings is 1. The Balaban J connectivity index is 1.38. The summed E-state index contributed by atoms with van der Waals surface area (Å²) in [5, 5.41) is 8.52. The fourth-order valence-electron chi connectivity index (χ4n) is 4.12. The second-order valence-corrected chi connectivity index (χ2v) is 10.1. The van der Waals surface area contributed by atoms with Gasteiger partial charge in [-0.3, -0.25) is 0 Å². The minimum Gasteiger partial charge on any atom is -0.399 e. The molecule has 5 rings (SSSR count). The standard InChI is InChI=1S/C27H26BF2N5O2/c1-26(2)27(3,4)37-28(36-26)19-9-6-17(7-10-19)16-35-25-21(13-20(31-5)15-33-25)24(34-35)32-14-18-8-11-22(29)23(30)12-18/h6-13,15H,14,16H2,1-4H3,(H,32,34). The van der Waals surface area contributed by atoms with Crippen molar-refractivity contribution in [2.75, 3.05) is 5.32 Å². The first-order valence-electron chi connectivity index (χ1n) is 11.9. The Kier molecular flexibility index (Phi) is 6.22. The first kappa shape index (κ1) is 24.9. The summed E-state index contributed by atoms with van der Waals surface area (Å²) in [6, 6.07) is 13.4. The van der Waals surface area contributed by atoms with Gasteiger partial charge in [0, 0.05) is 12.7 Å². The lowest BCUT2D eigenvalue weighted by Crippen LogP contribution is -2.41. The molecule has 0 saturated carbocycles. The van der Waals surface area contributed by atoms with Gasteiger partial charge in [-0.25, -0.2) is 23.3 Å². The largest absolute Gasteiger partial charge is 0.494 e. The third kappa shape index (κ3) is 4.80. The van der Waals surface area contributed by atoms with Gasteiger partial charge in [0.2, 0.25) is 5.69 Å². The number of benzene rings is 2. The lowest BCUT2D eigenvalue weighted by atomic mass is 9.79. The molecule has 188 valence electrons. The molecule has 0 bridgehead atoms. The number of anilines is 1. The summed E-state index contributed by atoms with van der Waals surface area (Å²) in [5.74, 6) is -1.30. The molecule has 1 aliphatic heterocycles. The topological polar surface area (TPSA) is 65.6 Å². The van der Waals surface area contributed by atoms with Crippen molar-refractivity contribution >= 4 is 35.1 Å². The van der Waals surface area contributed by atoms with E-state index in [9.17, 15) is 8.78 Å². The maximum atomic E-state index is 13.6. The third-order valence-electron chi connectivity index (χ3n) is 6.98. The van der Waals surface area contributed by atoms with Crippen molar-refractivity contribution in [3.8, 4) is 0 Å². The Morgan fingerprint density at radius 1 is 0.973 bits per heavy atom. The Morgan fingerprint density at radius 3 is 2.30 bits per heavy atom. The van der Waals surface area contributed by atoms with Crippen LogP contribution in [0.2, 0.25) is 0 Å². The maximum absolute atomic E-state index is 13.6. The normalized spacial score (nSPS) is 16.2. The zero-order valence-electron chi connectivity index (χ0n) is 21.0. The molecule has 37 heavy (non-hydrogen) atoms. The summed E-state index contributed by atoms with van der Waals surface area (Å²) >= 11 is 0. The summed E-state index contributed by atoms with van der Waals surface area (Å²) < 4.78 is 40.9. The lowest BCUT2D eigenvalue weighted by Gasteiger charge is -2.32. The number of aromatic nitrogens is 3. The van der Waals surface area contributed by atoms with Crippen LogP contribution in [0.15, 0.2) is 54.7 Å². The first-order chi connectivity index (χ1) is 17.6. The van der Waals surface area contributed by atoms with E-state index in [0.29, 0.717) is 34.6 Å². The van der Waals surface area contributed by atoms with Gasteiger partial charge in [-0.05, 0) is 62.5 Å². The summed E-state index contributed by atoms with van der Waals surface area (Å²) in [7, 11) is -0.439. The highest BCUT2D eigenvalue weighted by Crippen LogP contribution is 2.36. The zero-order valence-corrected chi connectivity index (χ0v) is 21.0. The second kappa shape index (κ2) is 9.25. The van der Waals surface area contributed by atoms with Gasteiger partial charge in [0.25, 0.3) is 0 Å². The summed E-state index contributed by atoms with van der Waals surface area (Å²) in [5.41, 5.74) is 2.65. The Bertz CT molecular complexity index is 1500. The van der Waals surface area contributed by atoms with Crippen LogP contribution in [-0.4, -0.2) is 33.1 Å². The first-order valence-corrected chi connectivity index (χ1v) is 11.9. The molecular weight excluding hydrogens is 475 g/mol. The van der Waals surface area contributed by atoms with E-state index in [1.54, 1.807) is 10.7 Å². The predicted octanol–water partition coefficient (Wildman–Crippen LogP) is 5.22. The molecule has 3 heterocycles. The minimum atomic E-state index is -0.907. The van der Waals surface area contributed by atoms with E-state index in [4.69, 9.17) is 15.9 Å². The summed E-state index contributed by atoms with van der Waals surface area (Å²) in [6.07, 6.45) is 1.51. The molecule has 1 aliphatic rings. The minimum absolute atomic E-state index is 0.230. The molecule has 10 heteroatoms. The molecule has 2 aromatic heterocycles. The van der Waals surface area contributed by atoms with E-state index in [-0.39, 0.29) is 6.54 Å². The Labute approximate surface area is 214 Å². The molecule has 1 N–H and O–H groups in total. The third-order valence-corrected chi connectivity index (χ3v) is 6.98. The number of hydrogen-bond donors (Lipinski definition) is 1. The summed E-state index contributed by atoms with van der Waals surface area (Å²) in [4.78, 5) is 7.93. The quantitative estimate of drug-likeness (QED) is 0.290. The molecule has 1 fully saturated rings. The van der Waals surface area contributed by atoms with E-state index in [1.807, 2.05) is 52.0 Å². The van der Waals surface area contributed by atoms with Crippen LogP contribution >= 0.6 is 0 Å². The van der Waals surface area contributed by atoms with Gasteiger partial charge in [0.05, 0.1) is 29.7 Å². The van der Waals surface area contributed by atoms with Crippen molar-refractivity contribution in [2.24, 2.45) is 0 Å². The zero-order chi connectivity index (χ0) is 26.4. The molecule has 2 aromatic carbocycles. The molecule has 0 radical (unpaired) electrons. The number of nitrogens with one attached hydrogen (secondary N) is 1. The van der Waals surface area contributed by atoms with Crippen molar-refractivity contribution in [3.05, 3.63) is 88.9 Å². The van der Waals surface area contributed by atoms with Gasteiger partial charge in [-0.1, -0.05) is 30.3 Å². The van der Waals surface area contributed by atoms with Gasteiger partial charge in [-0.2, -0.15) is 5.10 Å². The number of fused-ring (bicyclic) bond motifs is 1. The van der Waals surface area contributed by atoms with Crippen molar-refractivity contribution in [3.63, 3.8) is 0 Å². The van der Waals surface area contributed by atoms with Crippen LogP contribution in [0.1, 0.15) is 38.8 Å². The Morgan fingerprint density at radius 2 is 1.65 bits per heavy atom. The Hall–Kier alpha value is -3.81. The van der Waals surface area contributed by atoms with E-state index in [1.165, 1.54) is 12.3 Å². The van der Waals surface area contributed by atoms with Crippen LogP contribution in [0.4, 0.5) is 20.3 Å². The SMILES string of the molecule is [C-]#[N+]c1cnc2c(c1)c(NCc1ccc(F)c(F)c1)nn2Cc1ccc(B2OC(C)(C)C(C)(C)O2)cc1. The van der Waals surface area contributed by atoms with E-state index < -0.39 is 30.0 Å². The monoisotopic (exact) mass is 501 g/mol. The van der Waals surface area contributed by atoms with E-state index >= 15 is 0 Å². The van der Waals surface area contributed by atoms with E-state index in [0.717, 1.165) is 23.2 Å². The smallest absolute Gasteiger partial charge is 0.399 e. The maximum Gasteiger partial charge on any atom is 0.494 e. The van der Waals surface area contributed by atoms with E-state index in [2.05, 4.69) is 20.2 Å². The average Bonchev–Trinajstić information content (AvgIpc) is 3.31. The van der Waals surface area contributed by atoms with Crippen molar-refractivity contribution in [1.82, 2.24) is 14.8 Å². The molecular formula is C27H26BF2N5O2. The van der Waals surface area contributed by atoms with Gasteiger partial charge in [0.15, 0.2) is 23.1 Å². The highest BCUT2D eigenvalue weighted by molar-refractivity contribution is 6.62. The highest BCUT2D eigenvalue weighted by Gasteiger charge is 2.51. The van der Waals surface area contributed by atoms with Crippen LogP contribution in [0.5, 0.6) is 0 Å². The number of hydrogen-bond acceptors (Lipinski definition) is 5. The molecule has 7 nitrogen and oxygen atoms in total. The molecule has 0 spiro atoms. The predicted molar refractivity (Wildman–Crippen MR) is 139 cm³/mol. The second-order valence-electron chi connectivity index (χ2n) is 10.1. The number of rotatable bonds is 6. The van der Waals surface area contributed by atoms with Gasteiger partial charge in [-0.15, -0.1) is 0 Å². The summed E-state index contributed by atoms with van der Waals surface area (Å²) in [6.45, 7) is 16.1. The average molecular weight is 501 g/mol. The van der Waals surface area contributed by atoms with Crippen LogP contribution in [0.3, 0.4) is 0 Å². The van der Waals surface area contributed by atoms with Crippen LogP contribution in [0, 0.1) is 18.2 Å². The fraction of sp³-hybridized carbons (Fsp3) is 0.296. The highest BCUT2D eigenvalue weighted by atomic mass is 19.2. The molecule has 0 amide bonds. The van der Waals surface area contributed by atoms with Crippen molar-refractivity contribution in [2.45, 2.75) is 52.0 Å². The fourth-order valence-corrected chi connectivity index (χ4v) is 4.12. The molecule has 0 atom stereocenters. The number of nitrogens with zero attached hydrogens (tertiary/aromatic N) is 4. The molecule has 1 saturated heterocycles. The van der Waals surface area contributed by atoms with Crippen LogP contribution in [0.25, 0.3) is 15.9 Å². The lowest BCUT2D eigenvalue weighted by molar-refractivity contribution is 0.00578. The van der Waals surface area contributed by atoms with Gasteiger partial charge < -0.3 is 14.6 Å². The van der Waals surface area contributed by atoms with Gasteiger partial charge >= 0.3 is 7.12 Å².